The van der Waals surface area contributed by atoms with E-state index in [0.29, 0.717) is 21.2 Å². The Hall–Kier alpha value is -3.53. The number of benzene rings is 2. The van der Waals surface area contributed by atoms with Crippen LogP contribution in [0.25, 0.3) is 12.2 Å². The van der Waals surface area contributed by atoms with Crippen LogP contribution in [0.4, 0.5) is 0 Å². The molecule has 0 atom stereocenters. The molecule has 0 spiro atoms. The lowest BCUT2D eigenvalue weighted by molar-refractivity contribution is -0.129. The number of halogens is 2. The highest BCUT2D eigenvalue weighted by Crippen LogP contribution is 2.29. The lowest BCUT2D eigenvalue weighted by Gasteiger charge is -2.09. The zero-order valence-electron chi connectivity index (χ0n) is 16.5. The van der Waals surface area contributed by atoms with E-state index in [2.05, 4.69) is 11.9 Å². The Balaban J connectivity index is 2.16. The minimum atomic E-state index is -0.630. The van der Waals surface area contributed by atoms with Crippen molar-refractivity contribution in [1.29, 1.82) is 5.26 Å². The van der Waals surface area contributed by atoms with Gasteiger partial charge in [0.2, 0.25) is 0 Å². The molecule has 1 amide bonds. The first-order chi connectivity index (χ1) is 14.9. The molecule has 0 bridgehead atoms. The third-order valence-electron chi connectivity index (χ3n) is 3.84. The molecule has 0 aliphatic heterocycles. The van der Waals surface area contributed by atoms with Crippen LogP contribution in [-0.2, 0) is 9.59 Å². The molecule has 2 rings (SSSR count). The second kappa shape index (κ2) is 11.6. The summed E-state index contributed by atoms with van der Waals surface area (Å²) in [7, 11) is 1.41. The highest BCUT2D eigenvalue weighted by Gasteiger charge is 2.11. The van der Waals surface area contributed by atoms with Crippen LogP contribution in [0.3, 0.4) is 0 Å². The predicted octanol–water partition coefficient (Wildman–Crippen LogP) is 4.83. The first-order valence-corrected chi connectivity index (χ1v) is 9.67. The highest BCUT2D eigenvalue weighted by molar-refractivity contribution is 6.42. The monoisotopic (exact) mass is 456 g/mol. The number of amides is 1. The van der Waals surface area contributed by atoms with E-state index in [1.54, 1.807) is 30.3 Å². The van der Waals surface area contributed by atoms with Gasteiger partial charge in [0.05, 0.1) is 17.2 Å². The third kappa shape index (κ3) is 7.03. The van der Waals surface area contributed by atoms with Gasteiger partial charge in [0, 0.05) is 12.6 Å². The van der Waals surface area contributed by atoms with Crippen molar-refractivity contribution in [1.82, 2.24) is 5.32 Å². The summed E-state index contributed by atoms with van der Waals surface area (Å²) in [5.41, 5.74) is 1.11. The molecule has 6 nitrogen and oxygen atoms in total. The highest BCUT2D eigenvalue weighted by atomic mass is 35.5. The Morgan fingerprint density at radius 2 is 1.87 bits per heavy atom. The first kappa shape index (κ1) is 23.7. The summed E-state index contributed by atoms with van der Waals surface area (Å²) in [6, 6.07) is 11.4. The number of hydrogen-bond acceptors (Lipinski definition) is 5. The number of rotatable bonds is 8. The molecule has 0 saturated carbocycles. The Morgan fingerprint density at radius 1 is 1.13 bits per heavy atom. The third-order valence-corrected chi connectivity index (χ3v) is 4.58. The number of ether oxygens (including phenoxy) is 2. The van der Waals surface area contributed by atoms with Gasteiger partial charge in [-0.15, -0.1) is 6.58 Å². The molecule has 0 aliphatic rings. The number of carbonyl (C=O) groups excluding carboxylic acids is 2. The van der Waals surface area contributed by atoms with Gasteiger partial charge in [-0.05, 0) is 47.5 Å². The number of nitrogens with zero attached hydrogens (tertiary/aromatic N) is 1. The van der Waals surface area contributed by atoms with Gasteiger partial charge in [-0.2, -0.15) is 5.26 Å². The van der Waals surface area contributed by atoms with E-state index in [0.717, 1.165) is 0 Å². The molecule has 0 aliphatic carbocycles. The smallest absolute Gasteiger partial charge is 0.336 e. The maximum Gasteiger partial charge on any atom is 0.336 e. The van der Waals surface area contributed by atoms with Crippen molar-refractivity contribution in [2.75, 3.05) is 13.7 Å². The van der Waals surface area contributed by atoms with Gasteiger partial charge in [0.15, 0.2) is 11.5 Å². The quantitative estimate of drug-likeness (QED) is 0.202. The van der Waals surface area contributed by atoms with E-state index < -0.39 is 11.9 Å². The van der Waals surface area contributed by atoms with Gasteiger partial charge in [0.1, 0.15) is 11.6 Å². The summed E-state index contributed by atoms with van der Waals surface area (Å²) >= 11 is 11.8. The van der Waals surface area contributed by atoms with E-state index >= 15 is 0 Å². The number of nitriles is 1. The second-order valence-electron chi connectivity index (χ2n) is 6.01. The summed E-state index contributed by atoms with van der Waals surface area (Å²) < 4.78 is 10.6. The summed E-state index contributed by atoms with van der Waals surface area (Å²) in [5.74, 6) is -0.717. The first-order valence-electron chi connectivity index (χ1n) is 8.91. The maximum absolute atomic E-state index is 12.2. The molecule has 0 fully saturated rings. The Labute approximate surface area is 190 Å². The van der Waals surface area contributed by atoms with Crippen molar-refractivity contribution in [3.8, 4) is 17.6 Å². The van der Waals surface area contributed by atoms with Crippen LogP contribution >= 0.6 is 23.2 Å². The molecule has 8 heteroatoms. The van der Waals surface area contributed by atoms with Crippen molar-refractivity contribution in [2.24, 2.45) is 0 Å². The lowest BCUT2D eigenvalue weighted by Crippen LogP contribution is -2.24. The summed E-state index contributed by atoms with van der Waals surface area (Å²) in [6.45, 7) is 3.75. The molecule has 0 unspecified atom stereocenters. The van der Waals surface area contributed by atoms with Crippen LogP contribution in [-0.4, -0.2) is 25.5 Å². The Kier molecular flexibility index (Phi) is 8.89. The molecular weight excluding hydrogens is 439 g/mol. The number of carbonyl (C=O) groups is 2. The number of methoxy groups -OCH3 is 1. The molecule has 0 radical (unpaired) electrons. The average molecular weight is 457 g/mol. The molecule has 0 saturated heterocycles. The fraction of sp³-hybridized carbons (Fsp3) is 0.0870. The van der Waals surface area contributed by atoms with E-state index in [1.807, 2.05) is 6.07 Å². The molecule has 31 heavy (non-hydrogen) atoms. The summed E-state index contributed by atoms with van der Waals surface area (Å²) in [6.07, 6.45) is 5.69. The molecule has 0 aromatic heterocycles. The van der Waals surface area contributed by atoms with Crippen molar-refractivity contribution in [3.63, 3.8) is 0 Å². The molecular formula is C23H18Cl2N2O4. The standard InChI is InChI=1S/C23H18Cl2N2O4/c1-3-10-27-23(29)17(14-26)11-16-5-8-20(21(13-16)30-2)31-22(28)9-6-15-4-7-18(24)19(25)12-15/h3-9,11-13H,1,10H2,2H3,(H,27,29)/b9-6+,17-11+. The van der Waals surface area contributed by atoms with Crippen LogP contribution in [0.15, 0.2) is 60.7 Å². The molecule has 158 valence electrons. The lowest BCUT2D eigenvalue weighted by atomic mass is 10.1. The van der Waals surface area contributed by atoms with Crippen molar-refractivity contribution in [2.45, 2.75) is 0 Å². The largest absolute Gasteiger partial charge is 0.493 e. The van der Waals surface area contributed by atoms with Crippen LogP contribution in [0.5, 0.6) is 11.5 Å². The average Bonchev–Trinajstić information content (AvgIpc) is 2.77. The van der Waals surface area contributed by atoms with Crippen LogP contribution < -0.4 is 14.8 Å². The Morgan fingerprint density at radius 3 is 2.52 bits per heavy atom. The topological polar surface area (TPSA) is 88.4 Å². The van der Waals surface area contributed by atoms with E-state index in [-0.39, 0.29) is 23.6 Å². The molecule has 0 heterocycles. The zero-order valence-corrected chi connectivity index (χ0v) is 18.0. The fourth-order valence-electron chi connectivity index (χ4n) is 2.36. The van der Waals surface area contributed by atoms with Crippen molar-refractivity contribution < 1.29 is 19.1 Å². The van der Waals surface area contributed by atoms with Crippen LogP contribution in [0.1, 0.15) is 11.1 Å². The maximum atomic E-state index is 12.2. The van der Waals surface area contributed by atoms with Crippen molar-refractivity contribution in [3.05, 3.63) is 81.9 Å². The molecule has 2 aromatic rings. The Bertz CT molecular complexity index is 1100. The van der Waals surface area contributed by atoms with Gasteiger partial charge < -0.3 is 14.8 Å². The van der Waals surface area contributed by atoms with Gasteiger partial charge in [-0.25, -0.2) is 4.79 Å². The summed E-state index contributed by atoms with van der Waals surface area (Å²) in [4.78, 5) is 24.1. The minimum absolute atomic E-state index is 0.0850. The van der Waals surface area contributed by atoms with Gasteiger partial charge in [0.25, 0.3) is 5.91 Å². The number of hydrogen-bond donors (Lipinski definition) is 1. The molecule has 1 N–H and O–H groups in total. The predicted molar refractivity (Wildman–Crippen MR) is 121 cm³/mol. The number of nitrogens with one attached hydrogen (secondary N) is 1. The zero-order chi connectivity index (χ0) is 22.8. The van der Waals surface area contributed by atoms with Crippen LogP contribution in [0, 0.1) is 11.3 Å². The van der Waals surface area contributed by atoms with Crippen molar-refractivity contribution >= 4 is 47.2 Å². The normalized spacial score (nSPS) is 11.0. The van der Waals surface area contributed by atoms with E-state index in [9.17, 15) is 14.9 Å². The minimum Gasteiger partial charge on any atom is -0.493 e. The second-order valence-corrected chi connectivity index (χ2v) is 6.82. The SMILES string of the molecule is C=CCNC(=O)/C(C#N)=C/c1ccc(OC(=O)/C=C/c2ccc(Cl)c(Cl)c2)c(OC)c1. The fourth-order valence-corrected chi connectivity index (χ4v) is 2.66. The van der Waals surface area contributed by atoms with Crippen LogP contribution in [0.2, 0.25) is 10.0 Å². The summed E-state index contributed by atoms with van der Waals surface area (Å²) in [5, 5.41) is 12.5. The van der Waals surface area contributed by atoms with E-state index in [4.69, 9.17) is 32.7 Å². The number of esters is 1. The van der Waals surface area contributed by atoms with E-state index in [1.165, 1.54) is 37.5 Å². The molecule has 2 aromatic carbocycles. The van der Waals surface area contributed by atoms with Gasteiger partial charge in [-0.1, -0.05) is 41.4 Å². The van der Waals surface area contributed by atoms with Gasteiger partial charge in [-0.3, -0.25) is 4.79 Å². The van der Waals surface area contributed by atoms with Gasteiger partial charge >= 0.3 is 5.97 Å².